The van der Waals surface area contributed by atoms with Crippen LogP contribution in [0, 0.1) is 6.92 Å². The summed E-state index contributed by atoms with van der Waals surface area (Å²) >= 11 is 0. The van der Waals surface area contributed by atoms with E-state index in [1.807, 2.05) is 25.3 Å². The molecule has 146 valence electrons. The van der Waals surface area contributed by atoms with Crippen LogP contribution in [-0.4, -0.2) is 29.5 Å². The lowest BCUT2D eigenvalue weighted by Crippen LogP contribution is -2.19. The van der Waals surface area contributed by atoms with Gasteiger partial charge in [0.1, 0.15) is 0 Å². The molecule has 29 heavy (non-hydrogen) atoms. The van der Waals surface area contributed by atoms with Gasteiger partial charge in [-0.05, 0) is 37.6 Å². The SMILES string of the molecule is Cc1nnc(N[C@H](C)c2ccc3cn[nH]c3c2)c2cc3c(cc12)n(C)c(=O)n3C. The Bertz CT molecular complexity index is 1460. The first-order chi connectivity index (χ1) is 13.9. The molecule has 0 amide bonds. The maximum absolute atomic E-state index is 12.4. The van der Waals surface area contributed by atoms with Gasteiger partial charge in [-0.3, -0.25) is 14.2 Å². The Kier molecular flexibility index (Phi) is 3.70. The van der Waals surface area contributed by atoms with E-state index in [4.69, 9.17) is 0 Å². The molecule has 2 N–H and O–H groups in total. The summed E-state index contributed by atoms with van der Waals surface area (Å²) in [4.78, 5) is 12.4. The standard InChI is InChI=1S/C21H21N7O/c1-11(13-5-6-14-10-22-25-17(14)7-13)23-20-16-9-19-18(27(3)21(29)28(19)4)8-15(16)12(2)24-26-20/h5-11H,1-4H3,(H,22,25)(H,23,26)/t11-/m1/s1. The number of fused-ring (bicyclic) bond motifs is 3. The van der Waals surface area contributed by atoms with Crippen molar-refractivity contribution in [1.82, 2.24) is 29.5 Å². The average Bonchev–Trinajstić information content (AvgIpc) is 3.28. The van der Waals surface area contributed by atoms with Crippen molar-refractivity contribution in [3.63, 3.8) is 0 Å². The summed E-state index contributed by atoms with van der Waals surface area (Å²) in [5.74, 6) is 0.695. The van der Waals surface area contributed by atoms with E-state index in [1.165, 1.54) is 0 Å². The highest BCUT2D eigenvalue weighted by atomic mass is 16.1. The third kappa shape index (κ3) is 2.60. The zero-order valence-corrected chi connectivity index (χ0v) is 16.7. The Balaban J connectivity index is 1.64. The zero-order chi connectivity index (χ0) is 20.3. The highest BCUT2D eigenvalue weighted by Crippen LogP contribution is 2.30. The van der Waals surface area contributed by atoms with Crippen molar-refractivity contribution in [2.75, 3.05) is 5.32 Å². The fourth-order valence-electron chi connectivity index (χ4n) is 3.89. The van der Waals surface area contributed by atoms with Crippen LogP contribution in [0.1, 0.15) is 24.2 Å². The number of benzene rings is 2. The number of hydrogen-bond donors (Lipinski definition) is 2. The Morgan fingerprint density at radius 3 is 2.52 bits per heavy atom. The molecule has 3 aromatic heterocycles. The molecule has 0 unspecified atom stereocenters. The van der Waals surface area contributed by atoms with Gasteiger partial charge < -0.3 is 5.32 Å². The molecule has 0 bridgehead atoms. The summed E-state index contributed by atoms with van der Waals surface area (Å²) in [7, 11) is 3.57. The number of aromatic nitrogens is 6. The fourth-order valence-corrected chi connectivity index (χ4v) is 3.89. The third-order valence-corrected chi connectivity index (χ3v) is 5.68. The van der Waals surface area contributed by atoms with E-state index >= 15 is 0 Å². The van der Waals surface area contributed by atoms with Crippen LogP contribution in [0.5, 0.6) is 0 Å². The van der Waals surface area contributed by atoms with E-state index in [0.29, 0.717) is 5.82 Å². The first-order valence-corrected chi connectivity index (χ1v) is 9.46. The third-order valence-electron chi connectivity index (χ3n) is 5.68. The predicted molar refractivity (Wildman–Crippen MR) is 114 cm³/mol. The minimum Gasteiger partial charge on any atom is -0.362 e. The smallest absolute Gasteiger partial charge is 0.328 e. The lowest BCUT2D eigenvalue weighted by Gasteiger charge is -2.17. The van der Waals surface area contributed by atoms with Gasteiger partial charge in [0, 0.05) is 30.3 Å². The monoisotopic (exact) mass is 387 g/mol. The van der Waals surface area contributed by atoms with E-state index in [9.17, 15) is 4.79 Å². The van der Waals surface area contributed by atoms with Crippen LogP contribution >= 0.6 is 0 Å². The highest BCUT2D eigenvalue weighted by Gasteiger charge is 2.16. The van der Waals surface area contributed by atoms with Gasteiger partial charge in [0.2, 0.25) is 0 Å². The predicted octanol–water partition coefficient (Wildman–Crippen LogP) is 3.18. The van der Waals surface area contributed by atoms with Gasteiger partial charge in [0.05, 0.1) is 34.5 Å². The van der Waals surface area contributed by atoms with Crippen molar-refractivity contribution < 1.29 is 0 Å². The van der Waals surface area contributed by atoms with Crippen LogP contribution in [0.15, 0.2) is 41.3 Å². The van der Waals surface area contributed by atoms with Gasteiger partial charge in [-0.2, -0.15) is 10.2 Å². The van der Waals surface area contributed by atoms with Gasteiger partial charge in [-0.25, -0.2) is 4.79 Å². The lowest BCUT2D eigenvalue weighted by molar-refractivity contribution is 0.795. The first-order valence-electron chi connectivity index (χ1n) is 9.46. The average molecular weight is 387 g/mol. The Morgan fingerprint density at radius 2 is 1.76 bits per heavy atom. The Hall–Kier alpha value is -3.68. The topological polar surface area (TPSA) is 93.4 Å². The van der Waals surface area contributed by atoms with Crippen molar-refractivity contribution >= 4 is 38.5 Å². The van der Waals surface area contributed by atoms with Gasteiger partial charge in [-0.1, -0.05) is 12.1 Å². The molecule has 0 fully saturated rings. The van der Waals surface area contributed by atoms with Crippen LogP contribution in [0.25, 0.3) is 32.7 Å². The van der Waals surface area contributed by atoms with Crippen LogP contribution < -0.4 is 11.0 Å². The number of nitrogens with one attached hydrogen (secondary N) is 2. The number of H-pyrrole nitrogens is 1. The molecule has 5 aromatic rings. The summed E-state index contributed by atoms with van der Waals surface area (Å²) < 4.78 is 3.31. The molecule has 8 nitrogen and oxygen atoms in total. The number of rotatable bonds is 3. The van der Waals surface area contributed by atoms with E-state index in [2.05, 4.69) is 50.8 Å². The number of imidazole rings is 1. The molecule has 0 aliphatic heterocycles. The molecular formula is C21H21N7O. The van der Waals surface area contributed by atoms with E-state index in [1.54, 1.807) is 23.2 Å². The summed E-state index contributed by atoms with van der Waals surface area (Å²) in [5, 5.41) is 22.3. The maximum Gasteiger partial charge on any atom is 0.328 e. The normalized spacial score (nSPS) is 12.8. The minimum atomic E-state index is -0.0513. The van der Waals surface area contributed by atoms with Gasteiger partial charge in [-0.15, -0.1) is 5.10 Å². The number of aryl methyl sites for hydroxylation is 3. The van der Waals surface area contributed by atoms with E-state index < -0.39 is 0 Å². The van der Waals surface area contributed by atoms with Crippen LogP contribution in [0.4, 0.5) is 5.82 Å². The van der Waals surface area contributed by atoms with Gasteiger partial charge in [0.15, 0.2) is 5.82 Å². The molecule has 2 aromatic carbocycles. The van der Waals surface area contributed by atoms with Gasteiger partial charge in [0.25, 0.3) is 0 Å². The number of nitrogens with zero attached hydrogens (tertiary/aromatic N) is 5. The molecule has 1 atom stereocenters. The molecule has 0 aliphatic carbocycles. The molecule has 3 heterocycles. The number of hydrogen-bond acceptors (Lipinski definition) is 5. The molecule has 5 rings (SSSR count). The number of aromatic amines is 1. The largest absolute Gasteiger partial charge is 0.362 e. The summed E-state index contributed by atoms with van der Waals surface area (Å²) in [6.45, 7) is 4.02. The fraction of sp³-hybridized carbons (Fsp3) is 0.238. The minimum absolute atomic E-state index is 0.0122. The summed E-state index contributed by atoms with van der Waals surface area (Å²) in [6, 6.07) is 10.3. The van der Waals surface area contributed by atoms with Crippen LogP contribution in [-0.2, 0) is 14.1 Å². The van der Waals surface area contributed by atoms with Gasteiger partial charge >= 0.3 is 5.69 Å². The van der Waals surface area contributed by atoms with Crippen molar-refractivity contribution in [1.29, 1.82) is 0 Å². The second-order valence-electron chi connectivity index (χ2n) is 7.50. The van der Waals surface area contributed by atoms with Crippen molar-refractivity contribution in [2.24, 2.45) is 14.1 Å². The molecule has 8 heteroatoms. The van der Waals surface area contributed by atoms with Crippen molar-refractivity contribution in [2.45, 2.75) is 19.9 Å². The van der Waals surface area contributed by atoms with Crippen molar-refractivity contribution in [3.05, 3.63) is 58.3 Å². The van der Waals surface area contributed by atoms with Crippen LogP contribution in [0.3, 0.4) is 0 Å². The lowest BCUT2D eigenvalue weighted by atomic mass is 10.1. The van der Waals surface area contributed by atoms with Crippen LogP contribution in [0.2, 0.25) is 0 Å². The molecular weight excluding hydrogens is 366 g/mol. The second-order valence-corrected chi connectivity index (χ2v) is 7.50. The Morgan fingerprint density at radius 1 is 1.03 bits per heavy atom. The van der Waals surface area contributed by atoms with Crippen molar-refractivity contribution in [3.8, 4) is 0 Å². The number of anilines is 1. The summed E-state index contributed by atoms with van der Waals surface area (Å²) in [5.41, 5.74) is 4.64. The highest BCUT2D eigenvalue weighted by molar-refractivity contribution is 6.01. The molecule has 0 spiro atoms. The maximum atomic E-state index is 12.4. The molecule has 0 aliphatic rings. The molecule has 0 radical (unpaired) electrons. The molecule has 0 saturated heterocycles. The Labute approximate surface area is 166 Å². The summed E-state index contributed by atoms with van der Waals surface area (Å²) in [6.07, 6.45) is 1.81. The second kappa shape index (κ2) is 6.16. The quantitative estimate of drug-likeness (QED) is 0.496. The first kappa shape index (κ1) is 17.4. The zero-order valence-electron chi connectivity index (χ0n) is 16.7. The molecule has 0 saturated carbocycles. The van der Waals surface area contributed by atoms with E-state index in [0.717, 1.165) is 44.0 Å². The van der Waals surface area contributed by atoms with E-state index in [-0.39, 0.29) is 11.7 Å².